The third-order valence-corrected chi connectivity index (χ3v) is 5.90. The van der Waals surface area contributed by atoms with Crippen LogP contribution in [0.5, 0.6) is 0 Å². The maximum atomic E-state index is 14.3. The minimum atomic E-state index is -0.174. The van der Waals surface area contributed by atoms with Gasteiger partial charge in [0.05, 0.1) is 0 Å². The number of hydrogen-bond acceptors (Lipinski definition) is 1. The fourth-order valence-corrected chi connectivity index (χ4v) is 4.77. The normalized spacial score (nSPS) is 30.7. The first-order valence-corrected chi connectivity index (χ1v) is 8.69. The van der Waals surface area contributed by atoms with Gasteiger partial charge in [-0.1, -0.05) is 43.4 Å². The third-order valence-electron chi connectivity index (χ3n) is 5.66. The van der Waals surface area contributed by atoms with Gasteiger partial charge in [0.1, 0.15) is 5.82 Å². The van der Waals surface area contributed by atoms with Gasteiger partial charge in [0.15, 0.2) is 0 Å². The van der Waals surface area contributed by atoms with Crippen molar-refractivity contribution in [1.82, 2.24) is 5.32 Å². The van der Waals surface area contributed by atoms with Crippen molar-refractivity contribution in [2.45, 2.75) is 51.0 Å². The molecule has 2 aliphatic carbocycles. The summed E-state index contributed by atoms with van der Waals surface area (Å²) in [6, 6.07) is 5.21. The van der Waals surface area contributed by atoms with Crippen LogP contribution in [0.4, 0.5) is 4.39 Å². The van der Waals surface area contributed by atoms with Gasteiger partial charge < -0.3 is 5.32 Å². The number of fused-ring (bicyclic) bond motifs is 1. The molecule has 2 aliphatic rings. The standard InChI is InChI=1S/C18H25ClFN/c1-21-18(16-9-8-15(19)11-17(16)20)14-7-6-12-4-2-3-5-13(12)10-14/h8-9,11-14,18,21H,2-7,10H2,1H3. The van der Waals surface area contributed by atoms with Crippen LogP contribution in [0.3, 0.4) is 0 Å². The van der Waals surface area contributed by atoms with Crippen LogP contribution in [0.2, 0.25) is 5.02 Å². The Kier molecular flexibility index (Phi) is 4.85. The Hall–Kier alpha value is -0.600. The van der Waals surface area contributed by atoms with E-state index in [9.17, 15) is 4.39 Å². The van der Waals surface area contributed by atoms with Crippen molar-refractivity contribution in [3.8, 4) is 0 Å². The summed E-state index contributed by atoms with van der Waals surface area (Å²) < 4.78 is 14.3. The monoisotopic (exact) mass is 309 g/mol. The second-order valence-electron chi connectivity index (χ2n) is 6.81. The summed E-state index contributed by atoms with van der Waals surface area (Å²) in [6.07, 6.45) is 9.37. The van der Waals surface area contributed by atoms with Gasteiger partial charge in [-0.05, 0) is 56.2 Å². The molecule has 2 saturated carbocycles. The predicted molar refractivity (Wildman–Crippen MR) is 86.0 cm³/mol. The second-order valence-corrected chi connectivity index (χ2v) is 7.25. The first kappa shape index (κ1) is 15.3. The number of benzene rings is 1. The van der Waals surface area contributed by atoms with E-state index in [1.165, 1.54) is 51.0 Å². The Morgan fingerprint density at radius 1 is 1.14 bits per heavy atom. The zero-order valence-electron chi connectivity index (χ0n) is 12.7. The minimum absolute atomic E-state index is 0.116. The third kappa shape index (κ3) is 3.27. The van der Waals surface area contributed by atoms with Gasteiger partial charge in [0.2, 0.25) is 0 Å². The predicted octanol–water partition coefficient (Wildman–Crippen LogP) is 5.35. The van der Waals surface area contributed by atoms with E-state index < -0.39 is 0 Å². The molecule has 1 aromatic carbocycles. The molecule has 0 amide bonds. The molecule has 0 radical (unpaired) electrons. The van der Waals surface area contributed by atoms with Crippen LogP contribution >= 0.6 is 11.6 Å². The molecule has 1 nitrogen and oxygen atoms in total. The molecule has 3 rings (SSSR count). The van der Waals surface area contributed by atoms with Gasteiger partial charge in [0, 0.05) is 16.6 Å². The maximum absolute atomic E-state index is 14.3. The highest BCUT2D eigenvalue weighted by atomic mass is 35.5. The lowest BCUT2D eigenvalue weighted by molar-refractivity contribution is 0.110. The number of rotatable bonds is 3. The molecule has 0 bridgehead atoms. The topological polar surface area (TPSA) is 12.0 Å². The van der Waals surface area contributed by atoms with Crippen molar-refractivity contribution in [2.75, 3.05) is 7.05 Å². The largest absolute Gasteiger partial charge is 0.313 e. The van der Waals surface area contributed by atoms with Gasteiger partial charge in [-0.2, -0.15) is 0 Å². The highest BCUT2D eigenvalue weighted by Crippen LogP contribution is 2.46. The molecule has 0 saturated heterocycles. The average molecular weight is 310 g/mol. The minimum Gasteiger partial charge on any atom is -0.313 e. The van der Waals surface area contributed by atoms with Crippen molar-refractivity contribution in [2.24, 2.45) is 17.8 Å². The molecule has 4 unspecified atom stereocenters. The number of nitrogens with one attached hydrogen (secondary N) is 1. The van der Waals surface area contributed by atoms with Crippen LogP contribution in [0.1, 0.15) is 56.6 Å². The summed E-state index contributed by atoms with van der Waals surface area (Å²) in [4.78, 5) is 0. The van der Waals surface area contributed by atoms with Gasteiger partial charge in [-0.3, -0.25) is 0 Å². The van der Waals surface area contributed by atoms with Crippen molar-refractivity contribution >= 4 is 11.6 Å². The molecular formula is C18H25ClFN. The molecule has 0 heterocycles. The average Bonchev–Trinajstić information content (AvgIpc) is 2.50. The molecule has 0 spiro atoms. The second kappa shape index (κ2) is 6.66. The van der Waals surface area contributed by atoms with Gasteiger partial charge in [-0.25, -0.2) is 4.39 Å². The summed E-state index contributed by atoms with van der Waals surface area (Å²) in [5.41, 5.74) is 0.779. The molecule has 0 aromatic heterocycles. The van der Waals surface area contributed by atoms with Crippen LogP contribution < -0.4 is 5.32 Å². The SMILES string of the molecule is CNC(c1ccc(Cl)cc1F)C1CCC2CCCCC2C1. The molecular weight excluding hydrogens is 285 g/mol. The van der Waals surface area contributed by atoms with Crippen LogP contribution in [0, 0.1) is 23.6 Å². The fraction of sp³-hybridized carbons (Fsp3) is 0.667. The van der Waals surface area contributed by atoms with E-state index >= 15 is 0 Å². The molecule has 3 heteroatoms. The van der Waals surface area contributed by atoms with E-state index in [1.807, 2.05) is 13.1 Å². The molecule has 0 aliphatic heterocycles. The first-order valence-electron chi connectivity index (χ1n) is 8.31. The Morgan fingerprint density at radius 3 is 2.62 bits per heavy atom. The van der Waals surface area contributed by atoms with Crippen molar-refractivity contribution in [3.05, 3.63) is 34.6 Å². The summed E-state index contributed by atoms with van der Waals surface area (Å²) in [6.45, 7) is 0. The quantitative estimate of drug-likeness (QED) is 0.794. The van der Waals surface area contributed by atoms with E-state index in [4.69, 9.17) is 11.6 Å². The van der Waals surface area contributed by atoms with Gasteiger partial charge in [0.25, 0.3) is 0 Å². The van der Waals surface area contributed by atoms with Crippen LogP contribution in [0.15, 0.2) is 18.2 Å². The highest BCUT2D eigenvalue weighted by molar-refractivity contribution is 6.30. The summed E-state index contributed by atoms with van der Waals surface area (Å²) >= 11 is 5.88. The number of halogens is 2. The Bertz CT molecular complexity index is 490. The molecule has 21 heavy (non-hydrogen) atoms. The Balaban J connectivity index is 1.77. The van der Waals surface area contributed by atoms with Gasteiger partial charge >= 0.3 is 0 Å². The van der Waals surface area contributed by atoms with Crippen LogP contribution in [-0.2, 0) is 0 Å². The summed E-state index contributed by atoms with van der Waals surface area (Å²) in [7, 11) is 1.95. The van der Waals surface area contributed by atoms with Crippen molar-refractivity contribution in [1.29, 1.82) is 0 Å². The lowest BCUT2D eigenvalue weighted by Gasteiger charge is -2.42. The molecule has 1 N–H and O–H groups in total. The van der Waals surface area contributed by atoms with E-state index in [0.717, 1.165) is 17.4 Å². The first-order chi connectivity index (χ1) is 10.2. The summed E-state index contributed by atoms with van der Waals surface area (Å²) in [5, 5.41) is 3.83. The smallest absolute Gasteiger partial charge is 0.129 e. The highest BCUT2D eigenvalue weighted by Gasteiger charge is 2.36. The van der Waals surface area contributed by atoms with Crippen molar-refractivity contribution in [3.63, 3.8) is 0 Å². The van der Waals surface area contributed by atoms with E-state index in [2.05, 4.69) is 5.32 Å². The Morgan fingerprint density at radius 2 is 1.90 bits per heavy atom. The molecule has 4 atom stereocenters. The molecule has 116 valence electrons. The molecule has 2 fully saturated rings. The van der Waals surface area contributed by atoms with Gasteiger partial charge in [-0.15, -0.1) is 0 Å². The fourth-order valence-electron chi connectivity index (χ4n) is 4.61. The maximum Gasteiger partial charge on any atom is 0.129 e. The lowest BCUT2D eigenvalue weighted by atomic mass is 9.65. The van der Waals surface area contributed by atoms with Crippen LogP contribution in [0.25, 0.3) is 0 Å². The van der Waals surface area contributed by atoms with E-state index in [0.29, 0.717) is 10.9 Å². The Labute approximate surface area is 132 Å². The zero-order chi connectivity index (χ0) is 14.8. The molecule has 1 aromatic rings. The zero-order valence-corrected chi connectivity index (χ0v) is 13.5. The number of hydrogen-bond donors (Lipinski definition) is 1. The van der Waals surface area contributed by atoms with Crippen molar-refractivity contribution < 1.29 is 4.39 Å². The van der Waals surface area contributed by atoms with Crippen LogP contribution in [-0.4, -0.2) is 7.05 Å². The van der Waals surface area contributed by atoms with E-state index in [-0.39, 0.29) is 11.9 Å². The summed E-state index contributed by atoms with van der Waals surface area (Å²) in [5.74, 6) is 2.17. The van der Waals surface area contributed by atoms with E-state index in [1.54, 1.807) is 6.07 Å². The lowest BCUT2D eigenvalue weighted by Crippen LogP contribution is -2.34.